The average Bonchev–Trinajstić information content (AvgIpc) is 3.16. The molecular formula is C24H26N4O4. The molecule has 1 N–H and O–H groups in total. The Kier molecular flexibility index (Phi) is 6.23. The van der Waals surface area contributed by atoms with Crippen LogP contribution in [0.15, 0.2) is 64.2 Å². The molecule has 166 valence electrons. The highest BCUT2D eigenvalue weighted by molar-refractivity contribution is 5.72. The van der Waals surface area contributed by atoms with E-state index >= 15 is 0 Å². The molecule has 0 amide bonds. The highest BCUT2D eigenvalue weighted by Crippen LogP contribution is 2.28. The Bertz CT molecular complexity index is 1350. The van der Waals surface area contributed by atoms with Gasteiger partial charge in [-0.25, -0.2) is 4.79 Å². The van der Waals surface area contributed by atoms with Gasteiger partial charge >= 0.3 is 11.7 Å². The summed E-state index contributed by atoms with van der Waals surface area (Å²) in [6.07, 6.45) is 1.09. The highest BCUT2D eigenvalue weighted by atomic mass is 16.5. The number of nitrogens with zero attached hydrogens (tertiary/aromatic N) is 4. The van der Waals surface area contributed by atoms with E-state index < -0.39 is 11.2 Å². The molecule has 0 atom stereocenters. The first-order valence-corrected chi connectivity index (χ1v) is 10.7. The lowest BCUT2D eigenvalue weighted by atomic mass is 10.1. The van der Waals surface area contributed by atoms with E-state index in [0.717, 1.165) is 22.1 Å². The number of rotatable bonds is 8. The third-order valence-corrected chi connectivity index (χ3v) is 5.48. The van der Waals surface area contributed by atoms with E-state index in [1.807, 2.05) is 61.5 Å². The number of hydrogen-bond acceptors (Lipinski definition) is 5. The topological polar surface area (TPSA) is 91.3 Å². The van der Waals surface area contributed by atoms with Crippen molar-refractivity contribution in [2.75, 3.05) is 6.61 Å². The Balaban J connectivity index is 1.95. The Hall–Kier alpha value is -3.65. The molecule has 0 aliphatic heterocycles. The smallest absolute Gasteiger partial charge is 0.332 e. The van der Waals surface area contributed by atoms with Crippen LogP contribution in [0.5, 0.6) is 11.8 Å². The summed E-state index contributed by atoms with van der Waals surface area (Å²) in [5.41, 5.74) is 1.62. The number of imidazole rings is 1. The first-order valence-electron chi connectivity index (χ1n) is 10.7. The van der Waals surface area contributed by atoms with Crippen LogP contribution in [0.4, 0.5) is 0 Å². The summed E-state index contributed by atoms with van der Waals surface area (Å²) in [7, 11) is 1.59. The van der Waals surface area contributed by atoms with Crippen LogP contribution < -0.4 is 16.0 Å². The van der Waals surface area contributed by atoms with E-state index in [1.165, 1.54) is 4.57 Å². The molecule has 8 heteroatoms. The third-order valence-electron chi connectivity index (χ3n) is 5.48. The minimum absolute atomic E-state index is 0.112. The molecule has 4 aromatic rings. The minimum atomic E-state index is -0.471. The van der Waals surface area contributed by atoms with Gasteiger partial charge < -0.3 is 9.84 Å². The zero-order chi connectivity index (χ0) is 22.7. The normalized spacial score (nSPS) is 11.2. The van der Waals surface area contributed by atoms with E-state index in [1.54, 1.807) is 11.6 Å². The molecule has 0 aliphatic rings. The van der Waals surface area contributed by atoms with Crippen molar-refractivity contribution in [1.29, 1.82) is 0 Å². The van der Waals surface area contributed by atoms with Crippen molar-refractivity contribution < 1.29 is 9.84 Å². The lowest BCUT2D eigenvalue weighted by Crippen LogP contribution is -2.39. The van der Waals surface area contributed by atoms with Crippen LogP contribution in [0, 0.1) is 0 Å². The second-order valence-electron chi connectivity index (χ2n) is 7.58. The zero-order valence-corrected chi connectivity index (χ0v) is 18.2. The average molecular weight is 434 g/mol. The predicted octanol–water partition coefficient (Wildman–Crippen LogP) is 2.68. The van der Waals surface area contributed by atoms with E-state index in [-0.39, 0.29) is 30.3 Å². The van der Waals surface area contributed by atoms with Gasteiger partial charge in [-0.1, -0.05) is 55.5 Å². The molecule has 8 nitrogen and oxygen atoms in total. The minimum Gasteiger partial charge on any atom is -0.425 e. The molecule has 0 saturated heterocycles. The van der Waals surface area contributed by atoms with Crippen LogP contribution in [0.3, 0.4) is 0 Å². The van der Waals surface area contributed by atoms with Gasteiger partial charge in [0.2, 0.25) is 0 Å². The number of aliphatic hydroxyl groups is 1. The summed E-state index contributed by atoms with van der Waals surface area (Å²) in [5, 5.41) is 9.20. The van der Waals surface area contributed by atoms with Gasteiger partial charge in [0.1, 0.15) is 5.75 Å². The molecule has 4 rings (SSSR count). The molecule has 0 aliphatic carbocycles. The SMILES string of the molecule is CCc1ccccc1Oc1nc2c(c(=O)n(CCCO)c(=O)n2C)n1Cc1ccccc1. The number of benzene rings is 2. The summed E-state index contributed by atoms with van der Waals surface area (Å²) < 4.78 is 10.4. The van der Waals surface area contributed by atoms with Crippen LogP contribution in [-0.2, 0) is 26.6 Å². The summed E-state index contributed by atoms with van der Waals surface area (Å²) in [4.78, 5) is 30.7. The summed E-state index contributed by atoms with van der Waals surface area (Å²) >= 11 is 0. The van der Waals surface area contributed by atoms with E-state index in [2.05, 4.69) is 4.98 Å². The van der Waals surface area contributed by atoms with Gasteiger partial charge in [0.15, 0.2) is 11.2 Å². The van der Waals surface area contributed by atoms with Crippen LogP contribution in [0.1, 0.15) is 24.5 Å². The maximum atomic E-state index is 13.4. The Morgan fingerprint density at radius 2 is 1.72 bits per heavy atom. The second-order valence-corrected chi connectivity index (χ2v) is 7.58. The van der Waals surface area contributed by atoms with Crippen LogP contribution in [-0.4, -0.2) is 30.4 Å². The summed E-state index contributed by atoms with van der Waals surface area (Å²) in [6.45, 7) is 2.41. The molecule has 2 aromatic carbocycles. The van der Waals surface area contributed by atoms with Crippen molar-refractivity contribution >= 4 is 11.2 Å². The third kappa shape index (κ3) is 3.97. The first kappa shape index (κ1) is 21.6. The fourth-order valence-electron chi connectivity index (χ4n) is 3.76. The van der Waals surface area contributed by atoms with E-state index in [4.69, 9.17) is 4.74 Å². The number of para-hydroxylation sites is 1. The number of aryl methyl sites for hydroxylation is 2. The van der Waals surface area contributed by atoms with Crippen molar-refractivity contribution in [2.45, 2.75) is 32.9 Å². The fourth-order valence-corrected chi connectivity index (χ4v) is 3.76. The van der Waals surface area contributed by atoms with Gasteiger partial charge in [-0.15, -0.1) is 0 Å². The predicted molar refractivity (Wildman–Crippen MR) is 122 cm³/mol. The van der Waals surface area contributed by atoms with E-state index in [0.29, 0.717) is 18.7 Å². The van der Waals surface area contributed by atoms with Gasteiger partial charge in [0, 0.05) is 20.2 Å². The molecule has 0 unspecified atom stereocenters. The second kappa shape index (κ2) is 9.23. The van der Waals surface area contributed by atoms with Crippen LogP contribution in [0.2, 0.25) is 0 Å². The number of hydrogen-bond donors (Lipinski definition) is 1. The molecule has 0 spiro atoms. The van der Waals surface area contributed by atoms with Crippen molar-refractivity contribution in [3.05, 3.63) is 86.6 Å². The Morgan fingerprint density at radius 1 is 1.00 bits per heavy atom. The first-order chi connectivity index (χ1) is 15.5. The molecule has 0 bridgehead atoms. The molecule has 0 fully saturated rings. The molecular weight excluding hydrogens is 408 g/mol. The summed E-state index contributed by atoms with van der Waals surface area (Å²) in [6, 6.07) is 17.6. The van der Waals surface area contributed by atoms with Crippen molar-refractivity contribution in [1.82, 2.24) is 18.7 Å². The number of aliphatic hydroxyl groups excluding tert-OH is 1. The molecule has 2 aromatic heterocycles. The molecule has 2 heterocycles. The maximum Gasteiger partial charge on any atom is 0.332 e. The fraction of sp³-hybridized carbons (Fsp3) is 0.292. The quantitative estimate of drug-likeness (QED) is 0.460. The largest absolute Gasteiger partial charge is 0.425 e. The molecule has 0 radical (unpaired) electrons. The lowest BCUT2D eigenvalue weighted by molar-refractivity contribution is 0.277. The Labute approximate surface area is 185 Å². The molecule has 0 saturated carbocycles. The van der Waals surface area contributed by atoms with Gasteiger partial charge in [-0.3, -0.25) is 18.5 Å². The summed E-state index contributed by atoms with van der Waals surface area (Å²) in [5.74, 6) is 0.658. The van der Waals surface area contributed by atoms with Crippen molar-refractivity contribution in [2.24, 2.45) is 7.05 Å². The number of fused-ring (bicyclic) bond motifs is 1. The van der Waals surface area contributed by atoms with Crippen molar-refractivity contribution in [3.8, 4) is 11.8 Å². The van der Waals surface area contributed by atoms with E-state index in [9.17, 15) is 14.7 Å². The van der Waals surface area contributed by atoms with Gasteiger partial charge in [-0.05, 0) is 30.0 Å². The van der Waals surface area contributed by atoms with Gasteiger partial charge in [0.05, 0.1) is 6.54 Å². The highest BCUT2D eigenvalue weighted by Gasteiger charge is 2.22. The van der Waals surface area contributed by atoms with Crippen molar-refractivity contribution in [3.63, 3.8) is 0 Å². The maximum absolute atomic E-state index is 13.4. The Morgan fingerprint density at radius 3 is 2.44 bits per heavy atom. The van der Waals surface area contributed by atoms with Gasteiger partial charge in [0.25, 0.3) is 5.56 Å². The van der Waals surface area contributed by atoms with Gasteiger partial charge in [-0.2, -0.15) is 4.98 Å². The lowest BCUT2D eigenvalue weighted by Gasteiger charge is -2.12. The molecule has 32 heavy (non-hydrogen) atoms. The van der Waals surface area contributed by atoms with Crippen LogP contribution in [0.25, 0.3) is 11.2 Å². The zero-order valence-electron chi connectivity index (χ0n) is 18.2. The number of ether oxygens (including phenoxy) is 1. The standard InChI is InChI=1S/C24H26N4O4/c1-3-18-12-7-8-13-19(18)32-23-25-21-20(28(23)16-17-10-5-4-6-11-17)22(30)27(14-9-15-29)24(31)26(21)2/h4-8,10-13,29H,3,9,14-16H2,1-2H3. The monoisotopic (exact) mass is 434 g/mol. The number of aromatic nitrogens is 4. The van der Waals surface area contributed by atoms with Crippen LogP contribution >= 0.6 is 0 Å².